The van der Waals surface area contributed by atoms with E-state index in [9.17, 15) is 34.5 Å². The smallest absolute Gasteiger partial charge is 0.333 e. The first-order valence-electron chi connectivity index (χ1n) is 25.3. The van der Waals surface area contributed by atoms with Crippen molar-refractivity contribution in [3.05, 3.63) is 142 Å². The Kier molecular flexibility index (Phi) is 15.3. The molecule has 0 aliphatic heterocycles. The van der Waals surface area contributed by atoms with Gasteiger partial charge in [-0.15, -0.1) is 22.7 Å². The minimum absolute atomic E-state index is 0.0967. The molecular formula is C55H60N6O14S2. The van der Waals surface area contributed by atoms with E-state index < -0.39 is 70.2 Å². The van der Waals surface area contributed by atoms with Gasteiger partial charge in [-0.25, -0.2) is 38.3 Å². The molecule has 3 atom stereocenters. The summed E-state index contributed by atoms with van der Waals surface area (Å²) >= 11 is 2.22. The van der Waals surface area contributed by atoms with Crippen molar-refractivity contribution in [3.63, 3.8) is 0 Å². The van der Waals surface area contributed by atoms with Gasteiger partial charge < -0.3 is 38.4 Å². The molecule has 1 fully saturated rings. The second kappa shape index (κ2) is 21.6. The highest BCUT2D eigenvalue weighted by molar-refractivity contribution is 7.22. The van der Waals surface area contributed by atoms with Crippen LogP contribution in [0.5, 0.6) is 5.75 Å². The number of oxazole rings is 2. The SMILES string of the molecule is CCO[C@@H](Cn1c(=O)n(C(C)(C)C(=O)O)c(=O)c2c(C)c(-c3ncco3)sc21)c1ccc(CC(C)(C(=O)O)n2c(=O)c3c(C)c(-c4ncco4)sc3n(C[C@H](O[C@H]3CC[C@H](O)CC3)c3ccccc3CC)c2=O)cc1OC. The number of hydrogen-bond acceptors (Lipinski definition) is 16. The Hall–Kier alpha value is -7.24. The van der Waals surface area contributed by atoms with E-state index in [-0.39, 0.29) is 63.8 Å². The number of aryl methyl sites for hydroxylation is 3. The monoisotopic (exact) mass is 1090 g/mol. The molecule has 1 saturated carbocycles. The number of aliphatic hydroxyl groups is 1. The van der Waals surface area contributed by atoms with Gasteiger partial charge in [0, 0.05) is 18.6 Å². The minimum Gasteiger partial charge on any atom is -0.496 e. The first-order chi connectivity index (χ1) is 36.7. The Bertz CT molecular complexity index is 3760. The quantitative estimate of drug-likeness (QED) is 0.0653. The number of carbonyl (C=O) groups is 2. The molecule has 0 radical (unpaired) electrons. The van der Waals surface area contributed by atoms with Gasteiger partial charge in [-0.3, -0.25) is 18.7 Å². The van der Waals surface area contributed by atoms with Crippen molar-refractivity contribution >= 4 is 55.0 Å². The molecule has 6 aromatic heterocycles. The molecule has 8 aromatic rings. The molecule has 1 unspecified atom stereocenters. The molecule has 2 aromatic carbocycles. The van der Waals surface area contributed by atoms with Gasteiger partial charge in [0.15, 0.2) is 5.54 Å². The topological polar surface area (TPSA) is 263 Å². The summed E-state index contributed by atoms with van der Waals surface area (Å²) < 4.78 is 34.7. The second-order valence-corrected chi connectivity index (χ2v) is 22.0. The van der Waals surface area contributed by atoms with E-state index in [0.29, 0.717) is 68.7 Å². The van der Waals surface area contributed by atoms with Gasteiger partial charge in [-0.05, 0) is 108 Å². The third-order valence-corrected chi connectivity index (χ3v) is 17.4. The number of thiophene rings is 2. The van der Waals surface area contributed by atoms with Crippen LogP contribution in [0.25, 0.3) is 42.0 Å². The Morgan fingerprint density at radius 1 is 0.766 bits per heavy atom. The summed E-state index contributed by atoms with van der Waals surface area (Å²) in [6.07, 6.45) is 5.83. The number of methoxy groups -OCH3 is 1. The van der Waals surface area contributed by atoms with Gasteiger partial charge in [0.1, 0.15) is 45.7 Å². The highest BCUT2D eigenvalue weighted by Gasteiger charge is 2.42. The highest BCUT2D eigenvalue weighted by Crippen LogP contribution is 2.40. The van der Waals surface area contributed by atoms with E-state index in [0.717, 1.165) is 38.4 Å². The van der Waals surface area contributed by atoms with Gasteiger partial charge in [-0.1, -0.05) is 43.3 Å². The van der Waals surface area contributed by atoms with Crippen LogP contribution in [0.2, 0.25) is 0 Å². The number of aliphatic hydroxyl groups excluding tert-OH is 1. The zero-order valence-electron chi connectivity index (χ0n) is 43.9. The number of carboxylic acid groups (broad SMARTS) is 2. The molecule has 406 valence electrons. The first kappa shape index (κ1) is 54.5. The lowest BCUT2D eigenvalue weighted by Crippen LogP contribution is -2.55. The summed E-state index contributed by atoms with van der Waals surface area (Å²) in [6, 6.07) is 12.6. The third-order valence-electron chi connectivity index (χ3n) is 14.8. The number of rotatable bonds is 20. The van der Waals surface area contributed by atoms with Crippen LogP contribution in [0, 0.1) is 13.8 Å². The van der Waals surface area contributed by atoms with Gasteiger partial charge >= 0.3 is 23.3 Å². The zero-order chi connectivity index (χ0) is 55.2. The summed E-state index contributed by atoms with van der Waals surface area (Å²) in [5.74, 6) is -2.26. The fraction of sp³-hybridized carbons (Fsp3) is 0.418. The third kappa shape index (κ3) is 9.81. The summed E-state index contributed by atoms with van der Waals surface area (Å²) in [5, 5.41) is 32.2. The fourth-order valence-electron chi connectivity index (χ4n) is 10.5. The number of hydrogen-bond donors (Lipinski definition) is 3. The van der Waals surface area contributed by atoms with Crippen molar-refractivity contribution in [2.45, 2.75) is 136 Å². The molecule has 0 spiro atoms. The van der Waals surface area contributed by atoms with Crippen molar-refractivity contribution in [1.29, 1.82) is 0 Å². The predicted molar refractivity (Wildman–Crippen MR) is 288 cm³/mol. The van der Waals surface area contributed by atoms with E-state index >= 15 is 9.59 Å². The van der Waals surface area contributed by atoms with Crippen LogP contribution in [0.15, 0.2) is 95.4 Å². The Morgan fingerprint density at radius 2 is 1.32 bits per heavy atom. The van der Waals surface area contributed by atoms with E-state index in [1.165, 1.54) is 61.9 Å². The van der Waals surface area contributed by atoms with Gasteiger partial charge in [0.05, 0.1) is 65.3 Å². The molecule has 1 aliphatic rings. The summed E-state index contributed by atoms with van der Waals surface area (Å²) in [6.45, 7) is 10.8. The Labute approximate surface area is 448 Å². The zero-order valence-corrected chi connectivity index (χ0v) is 45.5. The molecule has 1 aliphatic carbocycles. The number of aliphatic carboxylic acids is 2. The summed E-state index contributed by atoms with van der Waals surface area (Å²) in [7, 11) is 1.40. The average molecular weight is 1090 g/mol. The van der Waals surface area contributed by atoms with Crippen LogP contribution >= 0.6 is 22.7 Å². The first-order valence-corrected chi connectivity index (χ1v) is 26.9. The largest absolute Gasteiger partial charge is 0.496 e. The van der Waals surface area contributed by atoms with Crippen molar-refractivity contribution in [1.82, 2.24) is 28.2 Å². The predicted octanol–water partition coefficient (Wildman–Crippen LogP) is 7.96. The van der Waals surface area contributed by atoms with Crippen LogP contribution in [-0.2, 0) is 56.1 Å². The van der Waals surface area contributed by atoms with Crippen molar-refractivity contribution in [3.8, 4) is 27.3 Å². The van der Waals surface area contributed by atoms with Gasteiger partial charge in [-0.2, -0.15) is 0 Å². The second-order valence-electron chi connectivity index (χ2n) is 20.0. The molecule has 20 nitrogen and oxygen atoms in total. The van der Waals surface area contributed by atoms with Crippen LogP contribution in [-0.4, -0.2) is 81.4 Å². The standard InChI is InChI=1S/C55H60N6O14S2/c1-9-32-13-11-12-14-35(32)39(75-34-18-16-33(62)17-19-34)28-59-49-41(30(4)43(77-49)45-57-22-24-74-45)47(64)61(53(59)70)55(7,51(67)68)26-31-15-20-36(37(25-31)71-8)38(72-10-2)27-58-48-40(29(3)42(76-48)44-56-21-23-73-44)46(63)60(52(58)69)54(5,6)50(65)66/h11-15,20-25,33-34,38-39,62H,9-10,16-19,26-28H2,1-8H3,(H,65,66)(H,67,68)/t33-,34-,38-,39-,55?/m0/s1. The summed E-state index contributed by atoms with van der Waals surface area (Å²) in [4.78, 5) is 96.2. The summed E-state index contributed by atoms with van der Waals surface area (Å²) in [5.41, 5.74) is -4.18. The Morgan fingerprint density at radius 3 is 1.84 bits per heavy atom. The normalized spacial score (nSPS) is 16.7. The minimum atomic E-state index is -2.23. The van der Waals surface area contributed by atoms with Crippen LogP contribution in [0.4, 0.5) is 0 Å². The molecule has 0 amide bonds. The lowest BCUT2D eigenvalue weighted by Gasteiger charge is -2.32. The maximum absolute atomic E-state index is 15.5. The number of ether oxygens (including phenoxy) is 3. The van der Waals surface area contributed by atoms with E-state index in [1.54, 1.807) is 39.0 Å². The highest BCUT2D eigenvalue weighted by atomic mass is 32.1. The fourth-order valence-corrected chi connectivity index (χ4v) is 13.0. The average Bonchev–Trinajstić information content (AvgIpc) is 4.35. The van der Waals surface area contributed by atoms with E-state index in [1.807, 2.05) is 31.2 Å². The molecule has 9 rings (SSSR count). The number of fused-ring (bicyclic) bond motifs is 2. The number of benzene rings is 2. The van der Waals surface area contributed by atoms with Gasteiger partial charge in [0.2, 0.25) is 11.8 Å². The van der Waals surface area contributed by atoms with Crippen LogP contribution in [0.3, 0.4) is 0 Å². The molecule has 0 bridgehead atoms. The lowest BCUT2D eigenvalue weighted by molar-refractivity contribution is -0.147. The van der Waals surface area contributed by atoms with E-state index in [4.69, 9.17) is 23.0 Å². The van der Waals surface area contributed by atoms with Crippen LogP contribution in [0.1, 0.15) is 106 Å². The molecule has 6 heterocycles. The van der Waals surface area contributed by atoms with Crippen molar-refractivity contribution in [2.75, 3.05) is 13.7 Å². The number of nitrogens with zero attached hydrogens (tertiary/aromatic N) is 6. The number of carboxylic acids is 2. The van der Waals surface area contributed by atoms with Crippen molar-refractivity contribution < 1.29 is 48.0 Å². The van der Waals surface area contributed by atoms with Crippen LogP contribution < -0.4 is 27.2 Å². The molecular weight excluding hydrogens is 1030 g/mol. The maximum atomic E-state index is 15.5. The van der Waals surface area contributed by atoms with E-state index in [2.05, 4.69) is 9.97 Å². The van der Waals surface area contributed by atoms with Gasteiger partial charge in [0.25, 0.3) is 11.1 Å². The molecule has 0 saturated heterocycles. The molecule has 3 N–H and O–H groups in total. The Balaban J connectivity index is 1.16. The molecule has 22 heteroatoms. The van der Waals surface area contributed by atoms with Crippen molar-refractivity contribution in [2.24, 2.45) is 0 Å². The maximum Gasteiger partial charge on any atom is 0.333 e. The number of aromatic nitrogens is 6. The lowest BCUT2D eigenvalue weighted by atomic mass is 9.91. The molecule has 77 heavy (non-hydrogen) atoms.